The molecule has 1 spiro atoms. The highest BCUT2D eigenvalue weighted by Crippen LogP contribution is 2.84. The van der Waals surface area contributed by atoms with Gasteiger partial charge in [-0.05, 0) is 24.2 Å². The van der Waals surface area contributed by atoms with E-state index < -0.39 is 0 Å². The highest BCUT2D eigenvalue weighted by molar-refractivity contribution is 5.92. The summed E-state index contributed by atoms with van der Waals surface area (Å²) in [6, 6.07) is 0. The standard InChI is InChI=1S/C11H12O/c12-8-6-10-3-1-4-11(10)7(2-5-10)9(8)11/h2,5,7,9H,1,3-4,6H2/t7-,9-,10-,11+/m1/s1. The van der Waals surface area contributed by atoms with E-state index in [1.165, 1.54) is 19.3 Å². The zero-order valence-electron chi connectivity index (χ0n) is 7.05. The van der Waals surface area contributed by atoms with Crippen molar-refractivity contribution in [2.75, 3.05) is 0 Å². The smallest absolute Gasteiger partial charge is 0.138 e. The summed E-state index contributed by atoms with van der Waals surface area (Å²) in [5.74, 6) is 1.73. The van der Waals surface area contributed by atoms with E-state index in [0.29, 0.717) is 28.4 Å². The van der Waals surface area contributed by atoms with Gasteiger partial charge >= 0.3 is 0 Å². The van der Waals surface area contributed by atoms with Crippen LogP contribution >= 0.6 is 0 Å². The van der Waals surface area contributed by atoms with E-state index in [4.69, 9.17) is 0 Å². The first-order valence-electron chi connectivity index (χ1n) is 5.02. The summed E-state index contributed by atoms with van der Waals surface area (Å²) in [4.78, 5) is 11.6. The predicted molar refractivity (Wildman–Crippen MR) is 44.5 cm³/mol. The molecule has 0 aliphatic heterocycles. The molecule has 0 aromatic heterocycles. The second kappa shape index (κ2) is 1.32. The summed E-state index contributed by atoms with van der Waals surface area (Å²) < 4.78 is 0. The van der Waals surface area contributed by atoms with Gasteiger partial charge < -0.3 is 0 Å². The van der Waals surface area contributed by atoms with Crippen LogP contribution in [0.4, 0.5) is 0 Å². The van der Waals surface area contributed by atoms with Gasteiger partial charge in [0.15, 0.2) is 0 Å². The van der Waals surface area contributed by atoms with Gasteiger partial charge in [-0.1, -0.05) is 18.6 Å². The van der Waals surface area contributed by atoms with Crippen molar-refractivity contribution in [2.24, 2.45) is 22.7 Å². The van der Waals surface area contributed by atoms with Crippen molar-refractivity contribution in [3.8, 4) is 0 Å². The third kappa shape index (κ3) is 0.323. The molecule has 4 rings (SSSR count). The molecule has 3 saturated carbocycles. The summed E-state index contributed by atoms with van der Waals surface area (Å²) >= 11 is 0. The van der Waals surface area contributed by atoms with Crippen molar-refractivity contribution >= 4 is 5.78 Å². The van der Waals surface area contributed by atoms with Crippen molar-refractivity contribution in [1.82, 2.24) is 0 Å². The lowest BCUT2D eigenvalue weighted by Crippen LogP contribution is -2.20. The van der Waals surface area contributed by atoms with Crippen LogP contribution in [0.3, 0.4) is 0 Å². The number of ketones is 1. The monoisotopic (exact) mass is 160 g/mol. The van der Waals surface area contributed by atoms with Gasteiger partial charge in [0.25, 0.3) is 0 Å². The van der Waals surface area contributed by atoms with Crippen LogP contribution < -0.4 is 0 Å². The Bertz CT molecular complexity index is 330. The van der Waals surface area contributed by atoms with E-state index in [9.17, 15) is 4.79 Å². The molecule has 4 aliphatic rings. The van der Waals surface area contributed by atoms with E-state index in [1.54, 1.807) is 0 Å². The second-order valence-corrected chi connectivity index (χ2v) is 5.06. The van der Waals surface area contributed by atoms with Crippen molar-refractivity contribution < 1.29 is 4.79 Å². The highest BCUT2D eigenvalue weighted by atomic mass is 16.1. The molecule has 62 valence electrons. The van der Waals surface area contributed by atoms with E-state index in [0.717, 1.165) is 6.42 Å². The molecule has 0 heterocycles. The van der Waals surface area contributed by atoms with Crippen molar-refractivity contribution in [3.63, 3.8) is 0 Å². The van der Waals surface area contributed by atoms with Gasteiger partial charge in [0, 0.05) is 17.8 Å². The molecule has 0 N–H and O–H groups in total. The number of rotatable bonds is 0. The topological polar surface area (TPSA) is 17.1 Å². The van der Waals surface area contributed by atoms with E-state index >= 15 is 0 Å². The number of allylic oxidation sites excluding steroid dienone is 2. The molecule has 0 unspecified atom stereocenters. The van der Waals surface area contributed by atoms with Crippen LogP contribution in [-0.2, 0) is 4.79 Å². The summed E-state index contributed by atoms with van der Waals surface area (Å²) in [5, 5.41) is 0. The molecular formula is C11H12O. The Morgan fingerprint density at radius 1 is 1.42 bits per heavy atom. The lowest BCUT2D eigenvalue weighted by atomic mass is 9.78. The molecular weight excluding hydrogens is 148 g/mol. The van der Waals surface area contributed by atoms with Gasteiger partial charge in [0.2, 0.25) is 0 Å². The Morgan fingerprint density at radius 2 is 2.33 bits per heavy atom. The zero-order valence-corrected chi connectivity index (χ0v) is 7.05. The number of hydrogen-bond donors (Lipinski definition) is 0. The SMILES string of the molecule is O=C1C[C@@]23C=C[C@@H]4[C@H]1[C@]42CCC3. The minimum Gasteiger partial charge on any atom is -0.299 e. The van der Waals surface area contributed by atoms with Crippen LogP contribution in [0.2, 0.25) is 0 Å². The van der Waals surface area contributed by atoms with Crippen LogP contribution in [0.5, 0.6) is 0 Å². The zero-order chi connectivity index (χ0) is 7.97. The Balaban J connectivity index is 2.01. The van der Waals surface area contributed by atoms with Crippen molar-refractivity contribution in [3.05, 3.63) is 12.2 Å². The largest absolute Gasteiger partial charge is 0.299 e. The Labute approximate surface area is 71.8 Å². The third-order valence-electron chi connectivity index (χ3n) is 5.00. The molecule has 0 radical (unpaired) electrons. The third-order valence-corrected chi connectivity index (χ3v) is 5.00. The number of hydrogen-bond acceptors (Lipinski definition) is 1. The van der Waals surface area contributed by atoms with E-state index in [1.807, 2.05) is 0 Å². The first-order chi connectivity index (χ1) is 5.80. The van der Waals surface area contributed by atoms with Crippen LogP contribution in [0.15, 0.2) is 12.2 Å². The summed E-state index contributed by atoms with van der Waals surface area (Å²) in [7, 11) is 0. The fourth-order valence-corrected chi connectivity index (χ4v) is 4.64. The minimum absolute atomic E-state index is 0.374. The first kappa shape index (κ1) is 5.95. The maximum atomic E-state index is 11.6. The number of carbonyl (C=O) groups is 1. The fourth-order valence-electron chi connectivity index (χ4n) is 4.64. The summed E-state index contributed by atoms with van der Waals surface area (Å²) in [6.45, 7) is 0. The number of carbonyl (C=O) groups excluding carboxylic acids is 1. The highest BCUT2D eigenvalue weighted by Gasteiger charge is 2.82. The van der Waals surface area contributed by atoms with Crippen LogP contribution in [0, 0.1) is 22.7 Å². The summed E-state index contributed by atoms with van der Waals surface area (Å²) in [6.07, 6.45) is 9.60. The predicted octanol–water partition coefficient (Wildman–Crippen LogP) is 1.93. The van der Waals surface area contributed by atoms with Gasteiger partial charge in [-0.15, -0.1) is 0 Å². The quantitative estimate of drug-likeness (QED) is 0.495. The average Bonchev–Trinajstić information content (AvgIpc) is 2.23. The molecule has 4 aliphatic carbocycles. The molecule has 0 bridgehead atoms. The summed E-state index contributed by atoms with van der Waals surface area (Å²) in [5.41, 5.74) is 0.865. The Kier molecular flexibility index (Phi) is 0.656. The molecule has 0 amide bonds. The van der Waals surface area contributed by atoms with Crippen LogP contribution in [0.25, 0.3) is 0 Å². The van der Waals surface area contributed by atoms with E-state index in [2.05, 4.69) is 12.2 Å². The van der Waals surface area contributed by atoms with Gasteiger partial charge in [-0.25, -0.2) is 0 Å². The van der Waals surface area contributed by atoms with Crippen molar-refractivity contribution in [1.29, 1.82) is 0 Å². The second-order valence-electron chi connectivity index (χ2n) is 5.06. The molecule has 12 heavy (non-hydrogen) atoms. The van der Waals surface area contributed by atoms with Gasteiger partial charge in [-0.2, -0.15) is 0 Å². The van der Waals surface area contributed by atoms with Crippen molar-refractivity contribution in [2.45, 2.75) is 25.7 Å². The minimum atomic E-state index is 0.374. The average molecular weight is 160 g/mol. The lowest BCUT2D eigenvalue weighted by molar-refractivity contribution is -0.120. The molecule has 3 fully saturated rings. The molecule has 0 saturated heterocycles. The maximum absolute atomic E-state index is 11.6. The molecule has 4 atom stereocenters. The fraction of sp³-hybridized carbons (Fsp3) is 0.727. The van der Waals surface area contributed by atoms with Gasteiger partial charge in [0.1, 0.15) is 5.78 Å². The molecule has 1 nitrogen and oxygen atoms in total. The molecule has 0 aromatic carbocycles. The van der Waals surface area contributed by atoms with Gasteiger partial charge in [-0.3, -0.25) is 4.79 Å². The lowest BCUT2D eigenvalue weighted by Gasteiger charge is -2.25. The van der Waals surface area contributed by atoms with E-state index in [-0.39, 0.29) is 0 Å². The Hall–Kier alpha value is -0.590. The van der Waals surface area contributed by atoms with Gasteiger partial charge in [0.05, 0.1) is 0 Å². The maximum Gasteiger partial charge on any atom is 0.138 e. The van der Waals surface area contributed by atoms with Crippen LogP contribution in [0.1, 0.15) is 25.7 Å². The Morgan fingerprint density at radius 3 is 3.08 bits per heavy atom. The first-order valence-corrected chi connectivity index (χ1v) is 5.02. The molecule has 1 heteroatoms. The number of Topliss-reactive ketones (excluding diaryl/α,β-unsaturated/α-hetero) is 1. The normalized spacial score (nSPS) is 63.8. The molecule has 0 aromatic rings. The number of fused-ring (bicyclic) bond motifs is 1. The van der Waals surface area contributed by atoms with Crippen LogP contribution in [-0.4, -0.2) is 5.78 Å².